The molecule has 0 radical (unpaired) electrons. The fraction of sp³-hybridized carbons (Fsp3) is 0.471. The van der Waals surface area contributed by atoms with Crippen LogP contribution in [0.5, 0.6) is 0 Å². The molecule has 1 saturated carbocycles. The number of hydrogen-bond donors (Lipinski definition) is 2. The average molecular weight is 323 g/mol. The molecule has 124 valence electrons. The smallest absolute Gasteiger partial charge is 0.354 e. The van der Waals surface area contributed by atoms with Gasteiger partial charge in [-0.1, -0.05) is 30.7 Å². The molecule has 0 spiro atoms. The summed E-state index contributed by atoms with van der Waals surface area (Å²) in [6, 6.07) is 5.46. The minimum absolute atomic E-state index is 0.322. The van der Waals surface area contributed by atoms with Gasteiger partial charge in [-0.25, -0.2) is 0 Å². The number of alkyl halides is 3. The molecule has 0 saturated heterocycles. The van der Waals surface area contributed by atoms with E-state index in [1.54, 1.807) is 13.1 Å². The van der Waals surface area contributed by atoms with E-state index in [9.17, 15) is 13.2 Å². The first-order valence-corrected chi connectivity index (χ1v) is 7.62. The molecular weight excluding hydrogens is 303 g/mol. The third kappa shape index (κ3) is 5.51. The van der Waals surface area contributed by atoms with Gasteiger partial charge in [-0.15, -0.1) is 0 Å². The minimum atomic E-state index is -4.34. The Balaban J connectivity index is 1.87. The van der Waals surface area contributed by atoms with Gasteiger partial charge in [0.1, 0.15) is 0 Å². The molecule has 1 aliphatic rings. The van der Waals surface area contributed by atoms with Crippen LogP contribution in [-0.4, -0.2) is 25.6 Å². The summed E-state index contributed by atoms with van der Waals surface area (Å²) in [7, 11) is 1.69. The molecule has 0 aliphatic heterocycles. The van der Waals surface area contributed by atoms with Gasteiger partial charge in [-0.05, 0) is 31.0 Å². The number of benzene rings is 1. The molecule has 1 aliphatic carbocycles. The largest absolute Gasteiger partial charge is 0.416 e. The Bertz CT molecular complexity index is 605. The number of nitrogens with one attached hydrogen (secondary N) is 2. The van der Waals surface area contributed by atoms with Crippen LogP contribution in [0.1, 0.15) is 36.8 Å². The third-order valence-electron chi connectivity index (χ3n) is 3.69. The Kier molecular flexibility index (Phi) is 5.91. The summed E-state index contributed by atoms with van der Waals surface area (Å²) in [5.41, 5.74) is -0.337. The van der Waals surface area contributed by atoms with E-state index in [1.807, 2.05) is 0 Å². The minimum Gasteiger partial charge on any atom is -0.354 e. The van der Waals surface area contributed by atoms with E-state index in [4.69, 9.17) is 0 Å². The fourth-order valence-corrected chi connectivity index (χ4v) is 2.51. The normalized spacial score (nSPS) is 15.9. The Morgan fingerprint density at radius 2 is 2.04 bits per heavy atom. The average Bonchev–Trinajstić information content (AvgIpc) is 3.03. The number of aliphatic imine (C=N–C) groups is 1. The van der Waals surface area contributed by atoms with Gasteiger partial charge in [0.15, 0.2) is 5.96 Å². The van der Waals surface area contributed by atoms with E-state index < -0.39 is 11.7 Å². The number of guanidine groups is 1. The lowest BCUT2D eigenvalue weighted by Crippen LogP contribution is -2.42. The van der Waals surface area contributed by atoms with Crippen molar-refractivity contribution >= 4 is 5.96 Å². The van der Waals surface area contributed by atoms with E-state index in [0.717, 1.165) is 25.0 Å². The molecule has 23 heavy (non-hydrogen) atoms. The van der Waals surface area contributed by atoms with Crippen LogP contribution < -0.4 is 10.6 Å². The second-order valence-electron chi connectivity index (χ2n) is 5.43. The van der Waals surface area contributed by atoms with Crippen LogP contribution in [0.2, 0.25) is 0 Å². The SMILES string of the molecule is CN=C(NCC#Cc1cccc(C(F)(F)F)c1)NC1CCCC1. The van der Waals surface area contributed by atoms with Gasteiger partial charge in [0.05, 0.1) is 12.1 Å². The van der Waals surface area contributed by atoms with Crippen LogP contribution in [0.15, 0.2) is 29.3 Å². The summed E-state index contributed by atoms with van der Waals surface area (Å²) in [6.45, 7) is 0.322. The third-order valence-corrected chi connectivity index (χ3v) is 3.69. The number of rotatable bonds is 2. The van der Waals surface area contributed by atoms with Crippen LogP contribution in [0.3, 0.4) is 0 Å². The molecule has 0 unspecified atom stereocenters. The van der Waals surface area contributed by atoms with E-state index in [1.165, 1.54) is 18.9 Å². The molecule has 2 N–H and O–H groups in total. The molecule has 1 aromatic carbocycles. The second-order valence-corrected chi connectivity index (χ2v) is 5.43. The van der Waals surface area contributed by atoms with E-state index in [0.29, 0.717) is 24.1 Å². The Hall–Kier alpha value is -2.16. The molecule has 0 aromatic heterocycles. The molecule has 0 amide bonds. The highest BCUT2D eigenvalue weighted by Gasteiger charge is 2.30. The van der Waals surface area contributed by atoms with E-state index in [-0.39, 0.29) is 0 Å². The Morgan fingerprint density at radius 3 is 2.70 bits per heavy atom. The molecule has 3 nitrogen and oxygen atoms in total. The van der Waals surface area contributed by atoms with Gasteiger partial charge in [0.2, 0.25) is 0 Å². The molecule has 0 heterocycles. The van der Waals surface area contributed by atoms with Crippen molar-refractivity contribution < 1.29 is 13.2 Å². The van der Waals surface area contributed by atoms with Crippen molar-refractivity contribution in [1.29, 1.82) is 0 Å². The van der Waals surface area contributed by atoms with Gasteiger partial charge in [-0.2, -0.15) is 13.2 Å². The summed E-state index contributed by atoms with van der Waals surface area (Å²) in [5, 5.41) is 6.37. The summed E-state index contributed by atoms with van der Waals surface area (Å²) in [6.07, 6.45) is 0.379. The molecule has 0 bridgehead atoms. The van der Waals surface area contributed by atoms with Crippen LogP contribution in [0.25, 0.3) is 0 Å². The molecule has 1 aromatic rings. The first-order valence-electron chi connectivity index (χ1n) is 7.62. The van der Waals surface area contributed by atoms with E-state index >= 15 is 0 Å². The van der Waals surface area contributed by atoms with Crippen LogP contribution in [-0.2, 0) is 6.18 Å². The summed E-state index contributed by atoms with van der Waals surface area (Å²) in [4.78, 5) is 4.12. The van der Waals surface area contributed by atoms with Crippen LogP contribution in [0, 0.1) is 11.8 Å². The zero-order valence-corrected chi connectivity index (χ0v) is 13.0. The Morgan fingerprint density at radius 1 is 1.30 bits per heavy atom. The molecule has 0 atom stereocenters. The van der Waals surface area contributed by atoms with Crippen molar-refractivity contribution in [3.05, 3.63) is 35.4 Å². The standard InChI is InChI=1S/C17H20F3N3/c1-21-16(23-15-9-2-3-10-15)22-11-5-7-13-6-4-8-14(12-13)17(18,19)20/h4,6,8,12,15H,2-3,9-11H2,1H3,(H2,21,22,23). The van der Waals surface area contributed by atoms with Crippen molar-refractivity contribution in [2.75, 3.05) is 13.6 Å². The van der Waals surface area contributed by atoms with Gasteiger partial charge in [-0.3, -0.25) is 4.99 Å². The van der Waals surface area contributed by atoms with Crippen LogP contribution >= 0.6 is 0 Å². The predicted octanol–water partition coefficient (Wildman–Crippen LogP) is 3.16. The first kappa shape index (κ1) is 17.2. The van der Waals surface area contributed by atoms with Crippen molar-refractivity contribution in [2.45, 2.75) is 37.9 Å². The summed E-state index contributed by atoms with van der Waals surface area (Å²) < 4.78 is 37.9. The lowest BCUT2D eigenvalue weighted by molar-refractivity contribution is -0.137. The maximum absolute atomic E-state index is 12.6. The maximum Gasteiger partial charge on any atom is 0.416 e. The fourth-order valence-electron chi connectivity index (χ4n) is 2.51. The topological polar surface area (TPSA) is 36.4 Å². The lowest BCUT2D eigenvalue weighted by atomic mass is 10.1. The Labute approximate surface area is 134 Å². The monoisotopic (exact) mass is 323 g/mol. The molecule has 6 heteroatoms. The van der Waals surface area contributed by atoms with Gasteiger partial charge >= 0.3 is 6.18 Å². The van der Waals surface area contributed by atoms with Crippen molar-refractivity contribution in [1.82, 2.24) is 10.6 Å². The second kappa shape index (κ2) is 7.91. The number of halogens is 3. The molecule has 2 rings (SSSR count). The summed E-state index contributed by atoms with van der Waals surface area (Å²) in [5.74, 6) is 6.23. The zero-order valence-electron chi connectivity index (χ0n) is 13.0. The van der Waals surface area contributed by atoms with E-state index in [2.05, 4.69) is 27.5 Å². The van der Waals surface area contributed by atoms with Crippen molar-refractivity contribution in [3.8, 4) is 11.8 Å². The molecular formula is C17H20F3N3. The van der Waals surface area contributed by atoms with Gasteiger partial charge < -0.3 is 10.6 Å². The first-order chi connectivity index (χ1) is 11.0. The zero-order chi connectivity index (χ0) is 16.7. The predicted molar refractivity (Wildman–Crippen MR) is 85.1 cm³/mol. The quantitative estimate of drug-likeness (QED) is 0.498. The highest BCUT2D eigenvalue weighted by Crippen LogP contribution is 2.29. The number of nitrogens with zero attached hydrogens (tertiary/aromatic N) is 1. The molecule has 1 fully saturated rings. The summed E-state index contributed by atoms with van der Waals surface area (Å²) >= 11 is 0. The van der Waals surface area contributed by atoms with Gasteiger partial charge in [0, 0.05) is 18.7 Å². The van der Waals surface area contributed by atoms with Crippen LogP contribution in [0.4, 0.5) is 13.2 Å². The van der Waals surface area contributed by atoms with Crippen molar-refractivity contribution in [2.24, 2.45) is 4.99 Å². The van der Waals surface area contributed by atoms with Gasteiger partial charge in [0.25, 0.3) is 0 Å². The lowest BCUT2D eigenvalue weighted by Gasteiger charge is -2.15. The van der Waals surface area contributed by atoms with Crippen molar-refractivity contribution in [3.63, 3.8) is 0 Å². The highest BCUT2D eigenvalue weighted by molar-refractivity contribution is 5.80. The highest BCUT2D eigenvalue weighted by atomic mass is 19.4. The number of hydrogen-bond acceptors (Lipinski definition) is 1. The maximum atomic E-state index is 12.6.